The van der Waals surface area contributed by atoms with Crippen molar-refractivity contribution in [3.05, 3.63) is 48.0 Å². The van der Waals surface area contributed by atoms with Crippen LogP contribution in [-0.2, 0) is 28.4 Å². The minimum Gasteiger partial charge on any atom is -0.374 e. The smallest absolute Gasteiger partial charge is 0.374 e. The van der Waals surface area contributed by atoms with Crippen molar-refractivity contribution in [1.82, 2.24) is 29.3 Å². The Morgan fingerprint density at radius 3 is 2.54 bits per heavy atom. The molecular formula is C26H32F3N7O4S. The van der Waals surface area contributed by atoms with Crippen LogP contribution >= 0.6 is 0 Å². The standard InChI is InChI=1S/C26H32F3N7O4S/c1-17-11-24(2,3)35(13-17)22-20(23(37)33-41(38,39)19-12-30-34(4)14-19)5-6-21(31-22)36-10-7-18(32-36)15-40-16-25(8-9-25)26(27,28)29/h5-7,10,12,14,17H,8-9,11,13,15-16H2,1-4H3,(H,33,37)/t17-/m0/s1. The van der Waals surface area contributed by atoms with E-state index in [4.69, 9.17) is 9.72 Å². The predicted molar refractivity (Wildman–Crippen MR) is 142 cm³/mol. The van der Waals surface area contributed by atoms with E-state index in [1.807, 2.05) is 18.7 Å². The van der Waals surface area contributed by atoms with Crippen LogP contribution in [0.15, 0.2) is 41.7 Å². The number of pyridine rings is 1. The van der Waals surface area contributed by atoms with Crippen molar-refractivity contribution in [3.8, 4) is 5.82 Å². The first-order valence-electron chi connectivity index (χ1n) is 13.1. The van der Waals surface area contributed by atoms with Crippen LogP contribution in [0.3, 0.4) is 0 Å². The van der Waals surface area contributed by atoms with Crippen molar-refractivity contribution in [2.75, 3.05) is 18.1 Å². The quantitative estimate of drug-likeness (QED) is 0.398. The largest absolute Gasteiger partial charge is 0.396 e. The van der Waals surface area contributed by atoms with Crippen LogP contribution in [0, 0.1) is 11.3 Å². The number of halogens is 3. The molecule has 3 aromatic rings. The van der Waals surface area contributed by atoms with Gasteiger partial charge < -0.3 is 9.64 Å². The maximum absolute atomic E-state index is 13.3. The lowest BCUT2D eigenvalue weighted by atomic mass is 9.97. The summed E-state index contributed by atoms with van der Waals surface area (Å²) >= 11 is 0. The third kappa shape index (κ3) is 5.82. The number of aryl methyl sites for hydroxylation is 1. The van der Waals surface area contributed by atoms with E-state index < -0.39 is 34.1 Å². The fourth-order valence-electron chi connectivity index (χ4n) is 5.26. The number of amides is 1. The summed E-state index contributed by atoms with van der Waals surface area (Å²) in [7, 11) is -2.61. The lowest BCUT2D eigenvalue weighted by Crippen LogP contribution is -2.41. The van der Waals surface area contributed by atoms with Crippen LogP contribution < -0.4 is 9.62 Å². The summed E-state index contributed by atoms with van der Waals surface area (Å²) < 4.78 is 75.4. The van der Waals surface area contributed by atoms with Gasteiger partial charge in [0.1, 0.15) is 10.7 Å². The number of alkyl halides is 3. The number of nitrogens with one attached hydrogen (secondary N) is 1. The molecule has 2 aliphatic rings. The molecule has 2 fully saturated rings. The third-order valence-electron chi connectivity index (χ3n) is 7.61. The Hall–Kier alpha value is -3.46. The summed E-state index contributed by atoms with van der Waals surface area (Å²) in [4.78, 5) is 19.9. The monoisotopic (exact) mass is 595 g/mol. The number of rotatable bonds is 9. The van der Waals surface area contributed by atoms with Crippen LogP contribution in [0.5, 0.6) is 0 Å². The molecule has 1 aliphatic carbocycles. The minimum atomic E-state index is -4.29. The van der Waals surface area contributed by atoms with Crippen LogP contribution in [0.4, 0.5) is 19.0 Å². The van der Waals surface area contributed by atoms with Crippen LogP contribution in [0.1, 0.15) is 56.1 Å². The highest BCUT2D eigenvalue weighted by molar-refractivity contribution is 7.90. The molecule has 1 atom stereocenters. The van der Waals surface area contributed by atoms with Crippen LogP contribution in [-0.4, -0.2) is 63.7 Å². The Kier molecular flexibility index (Phi) is 7.17. The maximum atomic E-state index is 13.3. The molecule has 222 valence electrons. The fraction of sp³-hybridized carbons (Fsp3) is 0.538. The molecular weight excluding hydrogens is 563 g/mol. The van der Waals surface area contributed by atoms with E-state index in [2.05, 4.69) is 21.8 Å². The van der Waals surface area contributed by atoms with Crippen molar-refractivity contribution >= 4 is 21.7 Å². The molecule has 5 rings (SSSR count). The molecule has 1 N–H and O–H groups in total. The summed E-state index contributed by atoms with van der Waals surface area (Å²) in [5.41, 5.74) is -1.64. The van der Waals surface area contributed by atoms with E-state index >= 15 is 0 Å². The van der Waals surface area contributed by atoms with Gasteiger partial charge in [0.25, 0.3) is 15.9 Å². The molecule has 41 heavy (non-hydrogen) atoms. The first-order chi connectivity index (χ1) is 19.1. The molecule has 3 aromatic heterocycles. The second kappa shape index (κ2) is 10.1. The second-order valence-electron chi connectivity index (χ2n) is 11.6. The second-order valence-corrected chi connectivity index (χ2v) is 13.3. The number of sulfonamides is 1. The molecule has 0 radical (unpaired) electrons. The highest BCUT2D eigenvalue weighted by Crippen LogP contribution is 2.57. The van der Waals surface area contributed by atoms with Crippen LogP contribution in [0.2, 0.25) is 0 Å². The van der Waals surface area contributed by atoms with Crippen molar-refractivity contribution < 1.29 is 31.1 Å². The molecule has 1 aliphatic heterocycles. The maximum Gasteiger partial charge on any atom is 0.396 e. The van der Waals surface area contributed by atoms with Gasteiger partial charge in [0.15, 0.2) is 5.82 Å². The third-order valence-corrected chi connectivity index (χ3v) is 8.90. The molecule has 1 saturated heterocycles. The van der Waals surface area contributed by atoms with Crippen molar-refractivity contribution in [2.45, 2.75) is 63.3 Å². The van der Waals surface area contributed by atoms with Crippen molar-refractivity contribution in [2.24, 2.45) is 18.4 Å². The molecule has 0 aromatic carbocycles. The number of hydrogen-bond donors (Lipinski definition) is 1. The SMILES string of the molecule is C[C@@H]1CN(c2nc(-n3ccc(COCC4(C(F)(F)F)CC4)n3)ccc2C(=O)NS(=O)(=O)c2cnn(C)c2)C(C)(C)C1. The van der Waals surface area contributed by atoms with Gasteiger partial charge in [-0.3, -0.25) is 9.48 Å². The van der Waals surface area contributed by atoms with E-state index in [0.717, 1.165) is 12.6 Å². The van der Waals surface area contributed by atoms with E-state index in [0.29, 0.717) is 29.8 Å². The number of ether oxygens (including phenoxy) is 1. The molecule has 11 nitrogen and oxygen atoms in total. The molecule has 0 unspecified atom stereocenters. The van der Waals surface area contributed by atoms with Gasteiger partial charge in [0, 0.05) is 31.5 Å². The Morgan fingerprint density at radius 1 is 1.22 bits per heavy atom. The Bertz CT molecular complexity index is 1560. The number of carbonyl (C=O) groups excluding carboxylic acids is 1. The van der Waals surface area contributed by atoms with Gasteiger partial charge in [-0.1, -0.05) is 6.92 Å². The lowest BCUT2D eigenvalue weighted by molar-refractivity contribution is -0.202. The first kappa shape index (κ1) is 29.0. The van der Waals surface area contributed by atoms with Gasteiger partial charge in [-0.15, -0.1) is 0 Å². The van der Waals surface area contributed by atoms with E-state index in [9.17, 15) is 26.4 Å². The number of aromatic nitrogens is 5. The highest BCUT2D eigenvalue weighted by atomic mass is 32.2. The van der Waals surface area contributed by atoms with Gasteiger partial charge >= 0.3 is 6.18 Å². The normalized spacial score (nSPS) is 19.9. The predicted octanol–water partition coefficient (Wildman–Crippen LogP) is 3.60. The number of hydrogen-bond acceptors (Lipinski definition) is 8. The zero-order chi connectivity index (χ0) is 29.8. The Morgan fingerprint density at radius 2 is 1.95 bits per heavy atom. The summed E-state index contributed by atoms with van der Waals surface area (Å²) in [5, 5.41) is 8.26. The van der Waals surface area contributed by atoms with Crippen LogP contribution in [0.25, 0.3) is 5.82 Å². The molecule has 15 heteroatoms. The average Bonchev–Trinajstić information content (AvgIpc) is 3.17. The molecule has 0 spiro atoms. The summed E-state index contributed by atoms with van der Waals surface area (Å²) in [5.74, 6) is 0.101. The van der Waals surface area contributed by atoms with Gasteiger partial charge in [-0.2, -0.15) is 23.4 Å². The number of carbonyl (C=O) groups is 1. The van der Waals surface area contributed by atoms with E-state index in [1.54, 1.807) is 19.3 Å². The molecule has 1 saturated carbocycles. The zero-order valence-corrected chi connectivity index (χ0v) is 24.0. The molecule has 4 heterocycles. The lowest BCUT2D eigenvalue weighted by Gasteiger charge is -2.34. The number of nitrogens with zero attached hydrogens (tertiary/aromatic N) is 6. The van der Waals surface area contributed by atoms with E-state index in [-0.39, 0.29) is 35.4 Å². The Balaban J connectivity index is 1.40. The Labute approximate surface area is 235 Å². The molecule has 1 amide bonds. The zero-order valence-electron chi connectivity index (χ0n) is 23.1. The average molecular weight is 596 g/mol. The van der Waals surface area contributed by atoms with Gasteiger partial charge in [0.05, 0.1) is 36.1 Å². The summed E-state index contributed by atoms with van der Waals surface area (Å²) in [6.07, 6.45) is 0.700. The number of anilines is 1. The van der Waals surface area contributed by atoms with Crippen molar-refractivity contribution in [1.29, 1.82) is 0 Å². The fourth-order valence-corrected chi connectivity index (χ4v) is 6.21. The summed E-state index contributed by atoms with van der Waals surface area (Å²) in [6.45, 7) is 6.22. The first-order valence-corrected chi connectivity index (χ1v) is 14.6. The topological polar surface area (TPSA) is 124 Å². The highest BCUT2D eigenvalue weighted by Gasteiger charge is 2.63. The van der Waals surface area contributed by atoms with Gasteiger partial charge in [0.2, 0.25) is 0 Å². The van der Waals surface area contributed by atoms with E-state index in [1.165, 1.54) is 27.7 Å². The van der Waals surface area contributed by atoms with Gasteiger partial charge in [-0.05, 0) is 57.2 Å². The van der Waals surface area contributed by atoms with Crippen molar-refractivity contribution in [3.63, 3.8) is 0 Å². The minimum absolute atomic E-state index is 0.0621. The molecule has 0 bridgehead atoms. The summed E-state index contributed by atoms with van der Waals surface area (Å²) in [6, 6.07) is 4.64. The van der Waals surface area contributed by atoms with Gasteiger partial charge in [-0.25, -0.2) is 22.8 Å².